The summed E-state index contributed by atoms with van der Waals surface area (Å²) in [6.45, 7) is 4.99. The van der Waals surface area contributed by atoms with E-state index in [1.807, 2.05) is 12.1 Å². The Bertz CT molecular complexity index is 327. The van der Waals surface area contributed by atoms with E-state index in [2.05, 4.69) is 22.0 Å². The van der Waals surface area contributed by atoms with Gasteiger partial charge in [-0.25, -0.2) is 0 Å². The number of nitrogens with zero attached hydrogens (tertiary/aromatic N) is 3. The van der Waals surface area contributed by atoms with Crippen molar-refractivity contribution in [1.82, 2.24) is 10.2 Å². The molecular formula is C11H18N4O. The molecule has 2 rings (SSSR count). The first-order chi connectivity index (χ1) is 7.83. The van der Waals surface area contributed by atoms with Gasteiger partial charge in [-0.2, -0.15) is 5.10 Å². The van der Waals surface area contributed by atoms with Gasteiger partial charge in [-0.15, -0.1) is 5.10 Å². The monoisotopic (exact) mass is 222 g/mol. The topological polar surface area (TPSA) is 64.3 Å². The summed E-state index contributed by atoms with van der Waals surface area (Å²) in [5.41, 5.74) is 6.62. The average Bonchev–Trinajstić information content (AvgIpc) is 2.39. The fourth-order valence-electron chi connectivity index (χ4n) is 1.78. The molecule has 0 aromatic carbocycles. The molecule has 1 unspecified atom stereocenters. The smallest absolute Gasteiger partial charge is 0.151 e. The van der Waals surface area contributed by atoms with Gasteiger partial charge in [0.1, 0.15) is 0 Å². The van der Waals surface area contributed by atoms with Crippen molar-refractivity contribution < 1.29 is 4.74 Å². The van der Waals surface area contributed by atoms with Crippen LogP contribution in [-0.2, 0) is 11.2 Å². The van der Waals surface area contributed by atoms with Crippen molar-refractivity contribution in [1.29, 1.82) is 0 Å². The number of hydrogen-bond acceptors (Lipinski definition) is 5. The van der Waals surface area contributed by atoms with E-state index in [-0.39, 0.29) is 6.10 Å². The van der Waals surface area contributed by atoms with Crippen LogP contribution in [0.3, 0.4) is 0 Å². The summed E-state index contributed by atoms with van der Waals surface area (Å²) in [6, 6.07) is 4.04. The van der Waals surface area contributed by atoms with Crippen LogP contribution in [0.1, 0.15) is 12.6 Å². The summed E-state index contributed by atoms with van der Waals surface area (Å²) in [5.74, 6) is 0.916. The Labute approximate surface area is 95.6 Å². The SMILES string of the molecule is CCc1ccc(N2CCOC(CN)C2)nn1. The van der Waals surface area contributed by atoms with E-state index < -0.39 is 0 Å². The molecule has 1 aromatic heterocycles. The second-order valence-electron chi connectivity index (χ2n) is 3.91. The van der Waals surface area contributed by atoms with Crippen molar-refractivity contribution in [3.8, 4) is 0 Å². The standard InChI is InChI=1S/C11H18N4O/c1-2-9-3-4-11(14-13-9)15-5-6-16-10(7-12)8-15/h3-4,10H,2,5-8,12H2,1H3. The molecule has 2 N–H and O–H groups in total. The van der Waals surface area contributed by atoms with Crippen molar-refractivity contribution in [2.24, 2.45) is 5.73 Å². The van der Waals surface area contributed by atoms with E-state index in [1.165, 1.54) is 0 Å². The van der Waals surface area contributed by atoms with Crippen molar-refractivity contribution in [2.45, 2.75) is 19.4 Å². The number of aryl methyl sites for hydroxylation is 1. The van der Waals surface area contributed by atoms with Gasteiger partial charge in [0.15, 0.2) is 5.82 Å². The zero-order valence-electron chi connectivity index (χ0n) is 9.59. The van der Waals surface area contributed by atoms with Crippen LogP contribution in [0.15, 0.2) is 12.1 Å². The van der Waals surface area contributed by atoms with Gasteiger partial charge in [0.2, 0.25) is 0 Å². The third kappa shape index (κ3) is 2.48. The number of hydrogen-bond donors (Lipinski definition) is 1. The number of morpholine rings is 1. The highest BCUT2D eigenvalue weighted by Crippen LogP contribution is 2.14. The minimum absolute atomic E-state index is 0.112. The Morgan fingerprint density at radius 2 is 2.38 bits per heavy atom. The summed E-state index contributed by atoms with van der Waals surface area (Å²) >= 11 is 0. The molecule has 0 saturated carbocycles. The van der Waals surface area contributed by atoms with Crippen LogP contribution in [0.2, 0.25) is 0 Å². The highest BCUT2D eigenvalue weighted by Gasteiger charge is 2.20. The minimum atomic E-state index is 0.112. The maximum Gasteiger partial charge on any atom is 0.151 e. The highest BCUT2D eigenvalue weighted by atomic mass is 16.5. The zero-order valence-corrected chi connectivity index (χ0v) is 9.59. The number of aromatic nitrogens is 2. The van der Waals surface area contributed by atoms with E-state index >= 15 is 0 Å². The van der Waals surface area contributed by atoms with E-state index in [4.69, 9.17) is 10.5 Å². The molecule has 1 aliphatic heterocycles. The van der Waals surface area contributed by atoms with Crippen LogP contribution in [0, 0.1) is 0 Å². The molecule has 1 saturated heterocycles. The highest BCUT2D eigenvalue weighted by molar-refractivity contribution is 5.38. The van der Waals surface area contributed by atoms with Crippen LogP contribution in [0.25, 0.3) is 0 Å². The lowest BCUT2D eigenvalue weighted by Gasteiger charge is -2.32. The van der Waals surface area contributed by atoms with Gasteiger partial charge in [0.05, 0.1) is 18.4 Å². The number of nitrogens with two attached hydrogens (primary N) is 1. The Morgan fingerprint density at radius 1 is 1.50 bits per heavy atom. The molecule has 1 aliphatic rings. The van der Waals surface area contributed by atoms with Gasteiger partial charge >= 0.3 is 0 Å². The lowest BCUT2D eigenvalue weighted by molar-refractivity contribution is 0.0462. The zero-order chi connectivity index (χ0) is 11.4. The van der Waals surface area contributed by atoms with Crippen LogP contribution in [0.4, 0.5) is 5.82 Å². The number of rotatable bonds is 3. The summed E-state index contributed by atoms with van der Waals surface area (Å²) < 4.78 is 5.51. The fraction of sp³-hybridized carbons (Fsp3) is 0.636. The van der Waals surface area contributed by atoms with E-state index in [0.29, 0.717) is 13.2 Å². The van der Waals surface area contributed by atoms with E-state index in [9.17, 15) is 0 Å². The van der Waals surface area contributed by atoms with Crippen molar-refractivity contribution in [3.05, 3.63) is 17.8 Å². The second kappa shape index (κ2) is 5.23. The first-order valence-electron chi connectivity index (χ1n) is 5.72. The third-order valence-electron chi connectivity index (χ3n) is 2.79. The summed E-state index contributed by atoms with van der Waals surface area (Å²) in [4.78, 5) is 2.17. The molecule has 1 fully saturated rings. The molecule has 0 aliphatic carbocycles. The Morgan fingerprint density at radius 3 is 3.00 bits per heavy atom. The third-order valence-corrected chi connectivity index (χ3v) is 2.79. The predicted octanol–water partition coefficient (Wildman–Crippen LogP) is 0.203. The van der Waals surface area contributed by atoms with Crippen molar-refractivity contribution in [2.75, 3.05) is 31.1 Å². The molecule has 88 valence electrons. The first-order valence-corrected chi connectivity index (χ1v) is 5.72. The number of ether oxygens (including phenoxy) is 1. The summed E-state index contributed by atoms with van der Waals surface area (Å²) in [7, 11) is 0. The fourth-order valence-corrected chi connectivity index (χ4v) is 1.78. The molecule has 0 bridgehead atoms. The van der Waals surface area contributed by atoms with E-state index in [0.717, 1.165) is 31.0 Å². The van der Waals surface area contributed by atoms with Crippen LogP contribution in [-0.4, -0.2) is 42.5 Å². The Kier molecular flexibility index (Phi) is 3.69. The van der Waals surface area contributed by atoms with Gasteiger partial charge in [-0.05, 0) is 18.6 Å². The Hall–Kier alpha value is -1.20. The van der Waals surface area contributed by atoms with Gasteiger partial charge in [0, 0.05) is 19.6 Å². The molecular weight excluding hydrogens is 204 g/mol. The lowest BCUT2D eigenvalue weighted by Crippen LogP contribution is -2.46. The minimum Gasteiger partial charge on any atom is -0.373 e. The lowest BCUT2D eigenvalue weighted by atomic mass is 10.2. The van der Waals surface area contributed by atoms with E-state index in [1.54, 1.807) is 0 Å². The molecule has 0 radical (unpaired) electrons. The molecule has 5 nitrogen and oxygen atoms in total. The van der Waals surface area contributed by atoms with Crippen LogP contribution in [0.5, 0.6) is 0 Å². The maximum absolute atomic E-state index is 5.60. The normalized spacial score (nSPS) is 21.1. The quantitative estimate of drug-likeness (QED) is 0.791. The van der Waals surface area contributed by atoms with Crippen LogP contribution >= 0.6 is 0 Å². The van der Waals surface area contributed by atoms with Gasteiger partial charge < -0.3 is 15.4 Å². The van der Waals surface area contributed by atoms with Gasteiger partial charge in [-0.3, -0.25) is 0 Å². The molecule has 1 atom stereocenters. The predicted molar refractivity (Wildman–Crippen MR) is 62.4 cm³/mol. The molecule has 2 heterocycles. The van der Waals surface area contributed by atoms with Crippen LogP contribution < -0.4 is 10.6 Å². The molecule has 1 aromatic rings. The first kappa shape index (κ1) is 11.3. The van der Waals surface area contributed by atoms with Crippen molar-refractivity contribution in [3.63, 3.8) is 0 Å². The molecule has 0 spiro atoms. The summed E-state index contributed by atoms with van der Waals surface area (Å²) in [6.07, 6.45) is 1.03. The average molecular weight is 222 g/mol. The Balaban J connectivity index is 2.05. The maximum atomic E-state index is 5.60. The summed E-state index contributed by atoms with van der Waals surface area (Å²) in [5, 5.41) is 8.38. The molecule has 0 amide bonds. The number of anilines is 1. The molecule has 5 heteroatoms. The largest absolute Gasteiger partial charge is 0.373 e. The van der Waals surface area contributed by atoms with Gasteiger partial charge in [0.25, 0.3) is 0 Å². The molecule has 16 heavy (non-hydrogen) atoms. The van der Waals surface area contributed by atoms with Gasteiger partial charge in [-0.1, -0.05) is 6.92 Å². The van der Waals surface area contributed by atoms with Crippen molar-refractivity contribution >= 4 is 5.82 Å². The second-order valence-corrected chi connectivity index (χ2v) is 3.91.